The van der Waals surface area contributed by atoms with E-state index in [2.05, 4.69) is 240 Å². The Bertz CT molecular complexity index is 4580. The minimum Gasteiger partial charge on any atom is -0.455 e. The van der Waals surface area contributed by atoms with Crippen LogP contribution in [-0.2, 0) is 0 Å². The summed E-state index contributed by atoms with van der Waals surface area (Å²) in [4.78, 5) is 4.67. The largest absolute Gasteiger partial charge is 0.455 e. The molecule has 0 bridgehead atoms. The molecule has 4 nitrogen and oxygen atoms in total. The summed E-state index contributed by atoms with van der Waals surface area (Å²) in [5.41, 5.74) is 9.79. The predicted molar refractivity (Wildman–Crippen MR) is 309 cm³/mol. The molecule has 0 aliphatic carbocycles. The fourth-order valence-electron chi connectivity index (χ4n) is 11.5. The van der Waals surface area contributed by atoms with E-state index < -0.39 is 0 Å². The van der Waals surface area contributed by atoms with Crippen LogP contribution in [-0.4, -0.2) is 0 Å². The minimum absolute atomic E-state index is 0.836. The average Bonchev–Trinajstić information content (AvgIpc) is 4.21. The molecule has 4 heterocycles. The van der Waals surface area contributed by atoms with Crippen molar-refractivity contribution in [2.24, 2.45) is 0 Å². The van der Waals surface area contributed by atoms with E-state index in [1.807, 2.05) is 22.7 Å². The fraction of sp³-hybridized carbons (Fsp3) is 0. The molecule has 0 N–H and O–H groups in total. The minimum atomic E-state index is 0.836. The molecule has 12 aromatic carbocycles. The van der Waals surface area contributed by atoms with Crippen molar-refractivity contribution in [3.8, 4) is 0 Å². The molecule has 16 aromatic rings. The van der Waals surface area contributed by atoms with Gasteiger partial charge in [-0.25, -0.2) is 0 Å². The van der Waals surface area contributed by atoms with Crippen molar-refractivity contribution < 1.29 is 8.83 Å². The summed E-state index contributed by atoms with van der Waals surface area (Å²) >= 11 is 3.71. The maximum absolute atomic E-state index is 6.95. The summed E-state index contributed by atoms with van der Waals surface area (Å²) < 4.78 is 19.0. The van der Waals surface area contributed by atoms with Crippen LogP contribution in [0.4, 0.5) is 34.1 Å². The second-order valence-electron chi connectivity index (χ2n) is 18.8. The van der Waals surface area contributed by atoms with Gasteiger partial charge in [-0.1, -0.05) is 109 Å². The first-order valence-electron chi connectivity index (χ1n) is 24.3. The van der Waals surface area contributed by atoms with Crippen LogP contribution in [0.5, 0.6) is 0 Å². The van der Waals surface area contributed by atoms with Crippen LogP contribution in [0.2, 0.25) is 0 Å². The van der Waals surface area contributed by atoms with Gasteiger partial charge in [0.25, 0.3) is 0 Å². The molecule has 0 atom stereocenters. The number of thiophene rings is 2. The zero-order chi connectivity index (χ0) is 47.0. The van der Waals surface area contributed by atoms with Crippen LogP contribution < -0.4 is 9.80 Å². The first kappa shape index (κ1) is 39.9. The number of para-hydroxylation sites is 2. The number of furan rings is 2. The molecule has 0 unspecified atom stereocenters. The van der Waals surface area contributed by atoms with Crippen LogP contribution in [0.1, 0.15) is 0 Å². The van der Waals surface area contributed by atoms with E-state index in [9.17, 15) is 0 Å². The molecular weight excluding hydrogens is 917 g/mol. The molecule has 0 amide bonds. The highest BCUT2D eigenvalue weighted by Crippen LogP contribution is 2.47. The number of fused-ring (bicyclic) bond motifs is 19. The van der Waals surface area contributed by atoms with Gasteiger partial charge in [0.2, 0.25) is 0 Å². The van der Waals surface area contributed by atoms with E-state index >= 15 is 0 Å². The molecular formula is C66H38N2O2S2. The molecule has 0 aliphatic rings. The summed E-state index contributed by atoms with van der Waals surface area (Å²) in [6.45, 7) is 0. The first-order valence-corrected chi connectivity index (χ1v) is 25.9. The summed E-state index contributed by atoms with van der Waals surface area (Å²) in [6.07, 6.45) is 0. The van der Waals surface area contributed by atoms with Gasteiger partial charge < -0.3 is 18.6 Å². The third-order valence-corrected chi connectivity index (χ3v) is 17.0. The van der Waals surface area contributed by atoms with Crippen LogP contribution in [0, 0.1) is 0 Å². The van der Waals surface area contributed by atoms with Gasteiger partial charge in [-0.05, 0) is 131 Å². The van der Waals surface area contributed by atoms with Crippen molar-refractivity contribution in [3.63, 3.8) is 0 Å². The van der Waals surface area contributed by atoms with Crippen molar-refractivity contribution in [1.82, 2.24) is 0 Å². The molecule has 6 heteroatoms. The standard InChI is InChI=1S/C66H38N2O2S2/c1-3-13-41(14-4-1)67(45-23-27-55-61(37-45)71-59-33-19-39-11-7-9-17-47(39)63(55)59)43-21-25-49-51-29-31-54-53(65(51)69-57(49)35-43)32-30-52-50-26-22-44(36-58(50)70-66(52)54)68(42-15-5-2-6-16-42)46-24-28-56-62(38-46)72-60-34-20-40-12-8-10-18-48(40)64(56)60/h1-38H. The van der Waals surface area contributed by atoms with Crippen molar-refractivity contribution in [2.45, 2.75) is 0 Å². The molecule has 0 radical (unpaired) electrons. The van der Waals surface area contributed by atoms with E-state index in [1.54, 1.807) is 0 Å². The molecule has 0 saturated carbocycles. The number of nitrogens with zero attached hydrogens (tertiary/aromatic N) is 2. The van der Waals surface area contributed by atoms with E-state index in [-0.39, 0.29) is 0 Å². The Kier molecular flexibility index (Phi) is 8.46. The Morgan fingerprint density at radius 1 is 0.250 bits per heavy atom. The number of benzene rings is 12. The van der Waals surface area contributed by atoms with Crippen LogP contribution in [0.15, 0.2) is 239 Å². The molecule has 0 saturated heterocycles. The zero-order valence-corrected chi connectivity index (χ0v) is 40.1. The number of hydrogen-bond donors (Lipinski definition) is 0. The molecule has 4 aromatic heterocycles. The lowest BCUT2D eigenvalue weighted by Gasteiger charge is -2.25. The van der Waals surface area contributed by atoms with Crippen molar-refractivity contribution in [2.75, 3.05) is 9.80 Å². The smallest absolute Gasteiger partial charge is 0.143 e. The summed E-state index contributed by atoms with van der Waals surface area (Å²) in [5, 5.41) is 16.7. The third kappa shape index (κ3) is 5.91. The fourth-order valence-corrected chi connectivity index (χ4v) is 13.8. The Balaban J connectivity index is 0.802. The van der Waals surface area contributed by atoms with Gasteiger partial charge in [0.15, 0.2) is 0 Å². The molecule has 0 spiro atoms. The zero-order valence-electron chi connectivity index (χ0n) is 38.5. The highest BCUT2D eigenvalue weighted by molar-refractivity contribution is 7.26. The second kappa shape index (κ2) is 15.3. The Labute approximate surface area is 420 Å². The van der Waals surface area contributed by atoms with E-state index in [1.165, 1.54) is 61.9 Å². The lowest BCUT2D eigenvalue weighted by atomic mass is 10.0. The number of hydrogen-bond acceptors (Lipinski definition) is 6. The number of rotatable bonds is 6. The second-order valence-corrected chi connectivity index (χ2v) is 20.9. The third-order valence-electron chi connectivity index (χ3n) is 14.8. The highest BCUT2D eigenvalue weighted by Gasteiger charge is 2.22. The molecule has 0 aliphatic heterocycles. The van der Waals surface area contributed by atoms with Gasteiger partial charge in [-0.3, -0.25) is 0 Å². The lowest BCUT2D eigenvalue weighted by molar-refractivity contribution is 0.669. The Morgan fingerprint density at radius 3 is 1.06 bits per heavy atom. The highest BCUT2D eigenvalue weighted by atomic mass is 32.1. The monoisotopic (exact) mass is 954 g/mol. The van der Waals surface area contributed by atoms with E-state index in [0.29, 0.717) is 0 Å². The number of anilines is 6. The molecule has 72 heavy (non-hydrogen) atoms. The quantitative estimate of drug-likeness (QED) is 0.166. The van der Waals surface area contributed by atoms with Gasteiger partial charge >= 0.3 is 0 Å². The van der Waals surface area contributed by atoms with Gasteiger partial charge in [-0.15, -0.1) is 22.7 Å². The SMILES string of the molecule is c1ccc(N(c2ccc3c(c2)oc2c3ccc3c2ccc2c4ccc(N(c5ccccc5)c5ccc6c(c5)sc5ccc7ccccc7c56)cc4oc23)c2ccc3c(c2)sc2ccc4ccccc4c23)cc1. The summed E-state index contributed by atoms with van der Waals surface area (Å²) in [7, 11) is 0. The van der Waals surface area contributed by atoms with Crippen molar-refractivity contribution >= 4 is 173 Å². The first-order chi connectivity index (χ1) is 35.7. The summed E-state index contributed by atoms with van der Waals surface area (Å²) in [6, 6.07) is 83.5. The van der Waals surface area contributed by atoms with Crippen LogP contribution in [0.3, 0.4) is 0 Å². The Hall–Kier alpha value is -8.94. The maximum Gasteiger partial charge on any atom is 0.143 e. The maximum atomic E-state index is 6.95. The molecule has 0 fully saturated rings. The predicted octanol–water partition coefficient (Wildman–Crippen LogP) is 20.6. The van der Waals surface area contributed by atoms with Gasteiger partial charge in [0.05, 0.1) is 0 Å². The van der Waals surface area contributed by atoms with E-state index in [4.69, 9.17) is 8.83 Å². The normalized spacial score (nSPS) is 12.2. The topological polar surface area (TPSA) is 32.8 Å². The van der Waals surface area contributed by atoms with Gasteiger partial charge in [-0.2, -0.15) is 0 Å². The average molecular weight is 955 g/mol. The molecule has 336 valence electrons. The lowest BCUT2D eigenvalue weighted by Crippen LogP contribution is -2.09. The van der Waals surface area contributed by atoms with Crippen molar-refractivity contribution in [3.05, 3.63) is 231 Å². The van der Waals surface area contributed by atoms with Crippen LogP contribution >= 0.6 is 22.7 Å². The molecule has 16 rings (SSSR count). The van der Waals surface area contributed by atoms with Crippen LogP contribution in [0.25, 0.3) is 117 Å². The van der Waals surface area contributed by atoms with Gasteiger partial charge in [0.1, 0.15) is 22.3 Å². The van der Waals surface area contributed by atoms with E-state index in [0.717, 1.165) is 88.8 Å². The summed E-state index contributed by atoms with van der Waals surface area (Å²) in [5.74, 6) is 0. The Morgan fingerprint density at radius 2 is 0.611 bits per heavy atom. The van der Waals surface area contributed by atoms with Crippen molar-refractivity contribution in [1.29, 1.82) is 0 Å². The van der Waals surface area contributed by atoms with Gasteiger partial charge in [0, 0.05) is 119 Å².